The number of aromatic nitrogens is 2. The standard InChI is InChI=1S/C19H22N6O2/c1-27-11-13(20)9-22-19-23-10-15(17(21)26)18(25-19)24-16-8-4-6-12-5-2-3-7-14(12)16/h2-8,10,13H,9,11,20H2,1H3,(H2,21,26)(H2,22,23,24,25). The molecule has 1 atom stereocenters. The number of nitrogens with one attached hydrogen (secondary N) is 2. The van der Waals surface area contributed by atoms with Crippen molar-refractivity contribution in [2.45, 2.75) is 6.04 Å². The van der Waals surface area contributed by atoms with Crippen LogP contribution in [-0.2, 0) is 4.74 Å². The number of nitrogens with two attached hydrogens (primary N) is 2. The maximum Gasteiger partial charge on any atom is 0.254 e. The Morgan fingerprint density at radius 1 is 1.22 bits per heavy atom. The molecule has 8 heteroatoms. The lowest BCUT2D eigenvalue weighted by atomic mass is 10.1. The monoisotopic (exact) mass is 366 g/mol. The SMILES string of the molecule is COCC(N)CNc1ncc(C(N)=O)c(Nc2cccc3ccccc23)n1. The number of primary amides is 1. The highest BCUT2D eigenvalue weighted by Gasteiger charge is 2.14. The molecule has 0 aliphatic heterocycles. The van der Waals surface area contributed by atoms with E-state index in [4.69, 9.17) is 16.2 Å². The first kappa shape index (κ1) is 18.6. The Labute approximate surface area is 156 Å². The molecule has 1 amide bonds. The van der Waals surface area contributed by atoms with Crippen LogP contribution in [0.2, 0.25) is 0 Å². The van der Waals surface area contributed by atoms with Crippen molar-refractivity contribution in [1.29, 1.82) is 0 Å². The first-order valence-electron chi connectivity index (χ1n) is 8.48. The minimum absolute atomic E-state index is 0.203. The smallest absolute Gasteiger partial charge is 0.254 e. The number of carbonyl (C=O) groups excluding carboxylic acids is 1. The average Bonchev–Trinajstić information content (AvgIpc) is 2.67. The third-order valence-electron chi connectivity index (χ3n) is 4.00. The third kappa shape index (κ3) is 4.49. The number of anilines is 3. The molecule has 1 heterocycles. The molecule has 6 N–H and O–H groups in total. The lowest BCUT2D eigenvalue weighted by molar-refractivity contribution is 0.100. The van der Waals surface area contributed by atoms with E-state index in [-0.39, 0.29) is 11.6 Å². The van der Waals surface area contributed by atoms with E-state index < -0.39 is 5.91 Å². The highest BCUT2D eigenvalue weighted by atomic mass is 16.5. The molecule has 0 fully saturated rings. The fourth-order valence-corrected chi connectivity index (χ4v) is 2.70. The number of methoxy groups -OCH3 is 1. The summed E-state index contributed by atoms with van der Waals surface area (Å²) in [5.41, 5.74) is 12.4. The van der Waals surface area contributed by atoms with Gasteiger partial charge in [0.15, 0.2) is 0 Å². The number of nitrogens with zero attached hydrogens (tertiary/aromatic N) is 2. The molecule has 0 bridgehead atoms. The van der Waals surface area contributed by atoms with Crippen LogP contribution in [0.3, 0.4) is 0 Å². The average molecular weight is 366 g/mol. The van der Waals surface area contributed by atoms with Gasteiger partial charge in [-0.25, -0.2) is 4.98 Å². The van der Waals surface area contributed by atoms with E-state index in [2.05, 4.69) is 20.6 Å². The minimum atomic E-state index is -0.611. The van der Waals surface area contributed by atoms with Crippen molar-refractivity contribution < 1.29 is 9.53 Å². The molecule has 8 nitrogen and oxygen atoms in total. The van der Waals surface area contributed by atoms with Crippen LogP contribution in [-0.4, -0.2) is 42.2 Å². The van der Waals surface area contributed by atoms with E-state index >= 15 is 0 Å². The van der Waals surface area contributed by atoms with Crippen LogP contribution in [0.5, 0.6) is 0 Å². The van der Waals surface area contributed by atoms with Crippen molar-refractivity contribution in [2.75, 3.05) is 30.9 Å². The zero-order valence-corrected chi connectivity index (χ0v) is 15.0. The van der Waals surface area contributed by atoms with E-state index in [1.807, 2.05) is 42.5 Å². The van der Waals surface area contributed by atoms with Crippen molar-refractivity contribution >= 4 is 34.1 Å². The summed E-state index contributed by atoms with van der Waals surface area (Å²) in [5.74, 6) is 0.0614. The Hall–Kier alpha value is -3.23. The summed E-state index contributed by atoms with van der Waals surface area (Å²) < 4.78 is 5.01. The highest BCUT2D eigenvalue weighted by Crippen LogP contribution is 2.27. The Kier molecular flexibility index (Phi) is 5.80. The molecular formula is C19H22N6O2. The summed E-state index contributed by atoms with van der Waals surface area (Å²) in [7, 11) is 1.59. The zero-order valence-electron chi connectivity index (χ0n) is 15.0. The second-order valence-electron chi connectivity index (χ2n) is 6.07. The number of hydrogen-bond acceptors (Lipinski definition) is 7. The van der Waals surface area contributed by atoms with Gasteiger partial charge in [-0.2, -0.15) is 4.98 Å². The lowest BCUT2D eigenvalue weighted by Crippen LogP contribution is -2.33. The number of ether oxygens (including phenoxy) is 1. The molecule has 2 aromatic carbocycles. The molecular weight excluding hydrogens is 344 g/mol. The van der Waals surface area contributed by atoms with Gasteiger partial charge in [-0.3, -0.25) is 4.79 Å². The van der Waals surface area contributed by atoms with Crippen molar-refractivity contribution in [3.63, 3.8) is 0 Å². The quantitative estimate of drug-likeness (QED) is 0.479. The van der Waals surface area contributed by atoms with Crippen LogP contribution in [0.4, 0.5) is 17.5 Å². The highest BCUT2D eigenvalue weighted by molar-refractivity contribution is 6.00. The first-order valence-corrected chi connectivity index (χ1v) is 8.48. The van der Waals surface area contributed by atoms with Gasteiger partial charge in [0.2, 0.25) is 5.95 Å². The summed E-state index contributed by atoms with van der Waals surface area (Å²) in [6.07, 6.45) is 1.40. The number of benzene rings is 2. The molecule has 0 spiro atoms. The van der Waals surface area contributed by atoms with Gasteiger partial charge in [-0.05, 0) is 11.5 Å². The van der Waals surface area contributed by atoms with Crippen molar-refractivity contribution in [2.24, 2.45) is 11.5 Å². The van der Waals surface area contributed by atoms with Crippen LogP contribution >= 0.6 is 0 Å². The van der Waals surface area contributed by atoms with Crippen LogP contribution in [0.1, 0.15) is 10.4 Å². The number of fused-ring (bicyclic) bond motifs is 1. The Morgan fingerprint density at radius 3 is 2.78 bits per heavy atom. The van der Waals surface area contributed by atoms with Gasteiger partial charge in [0.1, 0.15) is 11.4 Å². The second-order valence-corrected chi connectivity index (χ2v) is 6.07. The Balaban J connectivity index is 1.90. The molecule has 0 aliphatic carbocycles. The molecule has 27 heavy (non-hydrogen) atoms. The van der Waals surface area contributed by atoms with Gasteiger partial charge in [-0.15, -0.1) is 0 Å². The maximum atomic E-state index is 11.8. The van der Waals surface area contributed by atoms with Crippen molar-refractivity contribution in [1.82, 2.24) is 9.97 Å². The fraction of sp³-hybridized carbons (Fsp3) is 0.211. The van der Waals surface area contributed by atoms with E-state index in [0.717, 1.165) is 16.5 Å². The molecule has 140 valence electrons. The largest absolute Gasteiger partial charge is 0.383 e. The normalized spacial score (nSPS) is 11.9. The molecule has 0 aliphatic rings. The number of carbonyl (C=O) groups is 1. The number of hydrogen-bond donors (Lipinski definition) is 4. The molecule has 1 unspecified atom stereocenters. The lowest BCUT2D eigenvalue weighted by Gasteiger charge is -2.14. The van der Waals surface area contributed by atoms with Crippen molar-refractivity contribution in [3.8, 4) is 0 Å². The van der Waals surface area contributed by atoms with Gasteiger partial charge in [-0.1, -0.05) is 36.4 Å². The van der Waals surface area contributed by atoms with Crippen LogP contribution < -0.4 is 22.1 Å². The minimum Gasteiger partial charge on any atom is -0.383 e. The molecule has 0 saturated heterocycles. The van der Waals surface area contributed by atoms with Crippen molar-refractivity contribution in [3.05, 3.63) is 54.2 Å². The summed E-state index contributed by atoms with van der Waals surface area (Å²) in [5, 5.41) is 8.32. The predicted molar refractivity (Wildman–Crippen MR) is 106 cm³/mol. The summed E-state index contributed by atoms with van der Waals surface area (Å²) in [4.78, 5) is 20.3. The zero-order chi connectivity index (χ0) is 19.2. The second kappa shape index (κ2) is 8.43. The van der Waals surface area contributed by atoms with Gasteiger partial charge >= 0.3 is 0 Å². The summed E-state index contributed by atoms with van der Waals surface area (Å²) >= 11 is 0. The number of amides is 1. The fourth-order valence-electron chi connectivity index (χ4n) is 2.70. The van der Waals surface area contributed by atoms with Gasteiger partial charge in [0.25, 0.3) is 5.91 Å². The topological polar surface area (TPSA) is 128 Å². The predicted octanol–water partition coefficient (Wildman–Crippen LogP) is 1.86. The summed E-state index contributed by atoms with van der Waals surface area (Å²) in [6.45, 7) is 0.838. The first-order chi connectivity index (χ1) is 13.1. The van der Waals surface area contributed by atoms with Crippen LogP contribution in [0.15, 0.2) is 48.7 Å². The van der Waals surface area contributed by atoms with Gasteiger partial charge < -0.3 is 26.8 Å². The van der Waals surface area contributed by atoms with E-state index in [1.165, 1.54) is 6.20 Å². The molecule has 1 aromatic heterocycles. The van der Waals surface area contributed by atoms with E-state index in [1.54, 1.807) is 7.11 Å². The Bertz CT molecular complexity index is 941. The molecule has 3 aromatic rings. The number of rotatable bonds is 8. The van der Waals surface area contributed by atoms with Gasteiger partial charge in [0.05, 0.1) is 6.61 Å². The third-order valence-corrected chi connectivity index (χ3v) is 4.00. The Morgan fingerprint density at radius 2 is 2.00 bits per heavy atom. The molecule has 3 rings (SSSR count). The molecule has 0 radical (unpaired) electrons. The summed E-state index contributed by atoms with van der Waals surface area (Å²) in [6, 6.07) is 13.6. The van der Waals surface area contributed by atoms with Gasteiger partial charge in [0, 0.05) is 37.0 Å². The van der Waals surface area contributed by atoms with Crippen LogP contribution in [0.25, 0.3) is 10.8 Å². The van der Waals surface area contributed by atoms with E-state index in [9.17, 15) is 4.79 Å². The van der Waals surface area contributed by atoms with Crippen LogP contribution in [0, 0.1) is 0 Å². The molecule has 0 saturated carbocycles. The maximum absolute atomic E-state index is 11.8. The van der Waals surface area contributed by atoms with E-state index in [0.29, 0.717) is 24.9 Å².